The summed E-state index contributed by atoms with van der Waals surface area (Å²) < 4.78 is 1.50. The van der Waals surface area contributed by atoms with Gasteiger partial charge in [-0.1, -0.05) is 12.1 Å². The maximum atomic E-state index is 11.9. The minimum atomic E-state index is -0.358. The highest BCUT2D eigenvalue weighted by atomic mass is 16.1. The topological polar surface area (TPSA) is 90.2 Å². The summed E-state index contributed by atoms with van der Waals surface area (Å²) in [6.45, 7) is 3.28. The first-order valence-corrected chi connectivity index (χ1v) is 8.54. The molecule has 0 spiro atoms. The molecule has 1 aromatic carbocycles. The monoisotopic (exact) mass is 327 g/mol. The van der Waals surface area contributed by atoms with Crippen LogP contribution in [0.15, 0.2) is 41.3 Å². The summed E-state index contributed by atoms with van der Waals surface area (Å²) in [6, 6.07) is 10.0. The second kappa shape index (κ2) is 7.59. The molecule has 1 atom stereocenters. The summed E-state index contributed by atoms with van der Waals surface area (Å²) in [5, 5.41) is 0. The molecule has 0 radical (unpaired) electrons. The standard InChI is InChI=1S/C18H25N5O/c19-15-2-1-10-22(12-8-15)11-7-14-3-5-16(6-4-14)23-13-9-17(20)21-18(23)24/h3-6,9,13,15H,1-2,7-8,10-12,19H2,(H2,20,21,24)/t15-/m0/s1. The summed E-state index contributed by atoms with van der Waals surface area (Å²) in [7, 11) is 0. The number of hydrogen-bond donors (Lipinski definition) is 2. The maximum Gasteiger partial charge on any atom is 0.354 e. The lowest BCUT2D eigenvalue weighted by atomic mass is 10.1. The highest BCUT2D eigenvalue weighted by molar-refractivity contribution is 5.36. The van der Waals surface area contributed by atoms with E-state index in [1.807, 2.05) is 12.1 Å². The fourth-order valence-corrected chi connectivity index (χ4v) is 3.13. The van der Waals surface area contributed by atoms with Gasteiger partial charge in [-0.25, -0.2) is 4.79 Å². The summed E-state index contributed by atoms with van der Waals surface area (Å²) in [4.78, 5) is 18.1. The zero-order chi connectivity index (χ0) is 16.9. The summed E-state index contributed by atoms with van der Waals surface area (Å²) >= 11 is 0. The van der Waals surface area contributed by atoms with Gasteiger partial charge in [0.2, 0.25) is 0 Å². The molecule has 1 aliphatic rings. The number of anilines is 1. The molecular weight excluding hydrogens is 302 g/mol. The lowest BCUT2D eigenvalue weighted by molar-refractivity contribution is 0.287. The third-order valence-corrected chi connectivity index (χ3v) is 4.62. The predicted molar refractivity (Wildman–Crippen MR) is 96.2 cm³/mol. The number of nitrogen functional groups attached to an aromatic ring is 1. The first kappa shape index (κ1) is 16.7. The van der Waals surface area contributed by atoms with Crippen molar-refractivity contribution < 1.29 is 0 Å². The van der Waals surface area contributed by atoms with E-state index in [0.717, 1.165) is 44.6 Å². The minimum absolute atomic E-state index is 0.241. The average Bonchev–Trinajstić information content (AvgIpc) is 2.78. The van der Waals surface area contributed by atoms with Gasteiger partial charge in [0.1, 0.15) is 5.82 Å². The molecule has 0 aliphatic carbocycles. The van der Waals surface area contributed by atoms with Crippen LogP contribution in [0.1, 0.15) is 24.8 Å². The molecule has 0 saturated carbocycles. The van der Waals surface area contributed by atoms with E-state index in [4.69, 9.17) is 11.5 Å². The predicted octanol–water partition coefficient (Wildman–Crippen LogP) is 1.17. The molecule has 0 amide bonds. The summed E-state index contributed by atoms with van der Waals surface area (Å²) in [5.74, 6) is 0.241. The third-order valence-electron chi connectivity index (χ3n) is 4.62. The highest BCUT2D eigenvalue weighted by Gasteiger charge is 2.13. The van der Waals surface area contributed by atoms with Crippen LogP contribution in [-0.4, -0.2) is 40.1 Å². The van der Waals surface area contributed by atoms with Gasteiger partial charge in [0.25, 0.3) is 0 Å². The van der Waals surface area contributed by atoms with Gasteiger partial charge in [-0.05, 0) is 62.5 Å². The Balaban J connectivity index is 1.61. The van der Waals surface area contributed by atoms with Crippen LogP contribution in [0.4, 0.5) is 5.82 Å². The number of nitrogens with zero attached hydrogens (tertiary/aromatic N) is 3. The van der Waals surface area contributed by atoms with E-state index in [2.05, 4.69) is 22.0 Å². The average molecular weight is 327 g/mol. The van der Waals surface area contributed by atoms with Crippen molar-refractivity contribution in [3.05, 3.63) is 52.6 Å². The van der Waals surface area contributed by atoms with Gasteiger partial charge in [-0.15, -0.1) is 0 Å². The van der Waals surface area contributed by atoms with Gasteiger partial charge in [0.15, 0.2) is 0 Å². The Morgan fingerprint density at radius 1 is 1.12 bits per heavy atom. The maximum absolute atomic E-state index is 11.9. The van der Waals surface area contributed by atoms with Gasteiger partial charge in [0.05, 0.1) is 5.69 Å². The van der Waals surface area contributed by atoms with Crippen LogP contribution >= 0.6 is 0 Å². The zero-order valence-electron chi connectivity index (χ0n) is 13.9. The Kier molecular flexibility index (Phi) is 5.27. The van der Waals surface area contributed by atoms with E-state index >= 15 is 0 Å². The quantitative estimate of drug-likeness (QED) is 0.880. The molecule has 1 aromatic heterocycles. The fraction of sp³-hybridized carbons (Fsp3) is 0.444. The largest absolute Gasteiger partial charge is 0.383 e. The number of rotatable bonds is 4. The van der Waals surface area contributed by atoms with Crippen molar-refractivity contribution in [2.75, 3.05) is 25.4 Å². The molecule has 0 unspecified atom stereocenters. The van der Waals surface area contributed by atoms with Crippen molar-refractivity contribution in [2.45, 2.75) is 31.7 Å². The summed E-state index contributed by atoms with van der Waals surface area (Å²) in [6.07, 6.45) is 6.07. The van der Waals surface area contributed by atoms with E-state index in [1.165, 1.54) is 16.6 Å². The first-order valence-electron chi connectivity index (χ1n) is 8.54. The smallest absolute Gasteiger partial charge is 0.354 e. The van der Waals surface area contributed by atoms with Crippen molar-refractivity contribution in [1.29, 1.82) is 0 Å². The lowest BCUT2D eigenvalue weighted by Crippen LogP contribution is -2.28. The molecule has 24 heavy (non-hydrogen) atoms. The molecule has 1 fully saturated rings. The van der Waals surface area contributed by atoms with Crippen molar-refractivity contribution in [1.82, 2.24) is 14.5 Å². The SMILES string of the molecule is Nc1ccn(-c2ccc(CCN3CCC[C@H](N)CC3)cc2)c(=O)n1. The van der Waals surface area contributed by atoms with Crippen molar-refractivity contribution in [3.63, 3.8) is 0 Å². The molecule has 128 valence electrons. The number of likely N-dealkylation sites (tertiary alicyclic amines) is 1. The van der Waals surface area contributed by atoms with Gasteiger partial charge in [-0.2, -0.15) is 4.98 Å². The van der Waals surface area contributed by atoms with Crippen LogP contribution in [0.25, 0.3) is 5.69 Å². The Labute approximate surface area is 142 Å². The van der Waals surface area contributed by atoms with Gasteiger partial charge in [-0.3, -0.25) is 4.57 Å². The highest BCUT2D eigenvalue weighted by Crippen LogP contribution is 2.12. The van der Waals surface area contributed by atoms with E-state index in [9.17, 15) is 4.79 Å². The van der Waals surface area contributed by atoms with E-state index < -0.39 is 0 Å². The molecular formula is C18H25N5O. The van der Waals surface area contributed by atoms with Crippen molar-refractivity contribution in [2.24, 2.45) is 5.73 Å². The normalized spacial score (nSPS) is 19.1. The minimum Gasteiger partial charge on any atom is -0.383 e. The lowest BCUT2D eigenvalue weighted by Gasteiger charge is -2.19. The molecule has 3 rings (SSSR count). The molecule has 6 nitrogen and oxygen atoms in total. The second-order valence-corrected chi connectivity index (χ2v) is 6.45. The molecule has 0 bridgehead atoms. The Morgan fingerprint density at radius 3 is 2.67 bits per heavy atom. The number of benzene rings is 1. The molecule has 4 N–H and O–H groups in total. The molecule has 2 heterocycles. The van der Waals surface area contributed by atoms with Crippen molar-refractivity contribution in [3.8, 4) is 5.69 Å². The van der Waals surface area contributed by atoms with E-state index in [-0.39, 0.29) is 11.5 Å². The molecule has 2 aromatic rings. The van der Waals surface area contributed by atoms with Gasteiger partial charge >= 0.3 is 5.69 Å². The number of nitrogens with two attached hydrogens (primary N) is 2. The molecule has 1 saturated heterocycles. The van der Waals surface area contributed by atoms with Gasteiger partial charge < -0.3 is 16.4 Å². The van der Waals surface area contributed by atoms with Gasteiger partial charge in [0, 0.05) is 18.8 Å². The molecule has 1 aliphatic heterocycles. The van der Waals surface area contributed by atoms with Crippen LogP contribution < -0.4 is 17.2 Å². The third kappa shape index (κ3) is 4.21. The Bertz CT molecular complexity index is 725. The van der Waals surface area contributed by atoms with Crippen LogP contribution in [-0.2, 0) is 6.42 Å². The van der Waals surface area contributed by atoms with Crippen LogP contribution in [0, 0.1) is 0 Å². The van der Waals surface area contributed by atoms with Crippen LogP contribution in [0.3, 0.4) is 0 Å². The summed E-state index contributed by atoms with van der Waals surface area (Å²) in [5.41, 5.74) is 13.3. The van der Waals surface area contributed by atoms with E-state index in [0.29, 0.717) is 6.04 Å². The Morgan fingerprint density at radius 2 is 1.92 bits per heavy atom. The van der Waals surface area contributed by atoms with E-state index in [1.54, 1.807) is 12.3 Å². The van der Waals surface area contributed by atoms with Crippen LogP contribution in [0.2, 0.25) is 0 Å². The second-order valence-electron chi connectivity index (χ2n) is 6.45. The molecule has 6 heteroatoms. The number of aromatic nitrogens is 2. The van der Waals surface area contributed by atoms with Crippen LogP contribution in [0.5, 0.6) is 0 Å². The first-order chi connectivity index (χ1) is 11.6. The van der Waals surface area contributed by atoms with Crippen molar-refractivity contribution >= 4 is 5.82 Å². The number of hydrogen-bond acceptors (Lipinski definition) is 5. The Hall–Kier alpha value is -2.18. The zero-order valence-corrected chi connectivity index (χ0v) is 13.9. The fourth-order valence-electron chi connectivity index (χ4n) is 3.13.